The number of nitrogens with zero attached hydrogens (tertiary/aromatic N) is 4. The lowest BCUT2D eigenvalue weighted by atomic mass is 10.0. The zero-order valence-electron chi connectivity index (χ0n) is 31.2. The number of rotatable bonds is 4. The van der Waals surface area contributed by atoms with Crippen molar-refractivity contribution in [3.63, 3.8) is 0 Å². The number of hydrogen-bond acceptors (Lipinski definition) is 2. The van der Waals surface area contributed by atoms with Crippen LogP contribution in [0, 0.1) is 0 Å². The molecule has 0 bridgehead atoms. The first-order valence-corrected chi connectivity index (χ1v) is 19.7. The molecule has 0 N–H and O–H groups in total. The van der Waals surface area contributed by atoms with Crippen LogP contribution < -0.4 is 0 Å². The molecule has 270 valence electrons. The van der Waals surface area contributed by atoms with Crippen LogP contribution in [0.2, 0.25) is 0 Å². The molecular weight excluding hydrogens is 709 g/mol. The van der Waals surface area contributed by atoms with Crippen molar-refractivity contribution in [1.82, 2.24) is 18.7 Å². The topological polar surface area (TPSA) is 40.8 Å². The number of hydrogen-bond donors (Lipinski definition) is 0. The first-order valence-electron chi connectivity index (χ1n) is 19.7. The fraction of sp³-hybridized carbons (Fsp3) is 0. The van der Waals surface area contributed by atoms with E-state index in [-0.39, 0.29) is 0 Å². The highest BCUT2D eigenvalue weighted by Gasteiger charge is 2.19. The second-order valence-electron chi connectivity index (χ2n) is 15.2. The average molecular weight is 741 g/mol. The van der Waals surface area contributed by atoms with Crippen molar-refractivity contribution in [2.75, 3.05) is 0 Å². The Morgan fingerprint density at radius 1 is 0.310 bits per heavy atom. The number of para-hydroxylation sites is 4. The molecule has 13 aromatic rings. The molecule has 0 saturated carbocycles. The molecule has 13 rings (SSSR count). The van der Waals surface area contributed by atoms with Crippen LogP contribution >= 0.6 is 0 Å². The lowest BCUT2D eigenvalue weighted by Gasteiger charge is -2.11. The van der Waals surface area contributed by atoms with Gasteiger partial charge in [-0.05, 0) is 108 Å². The van der Waals surface area contributed by atoms with Crippen LogP contribution in [0.3, 0.4) is 0 Å². The van der Waals surface area contributed by atoms with Gasteiger partial charge in [0.2, 0.25) is 0 Å². The van der Waals surface area contributed by atoms with Gasteiger partial charge in [0.1, 0.15) is 5.58 Å². The average Bonchev–Trinajstić information content (AvgIpc) is 4.02. The van der Waals surface area contributed by atoms with Gasteiger partial charge >= 0.3 is 0 Å². The van der Waals surface area contributed by atoms with Gasteiger partial charge in [0.15, 0.2) is 5.58 Å². The Hall–Kier alpha value is -7.89. The van der Waals surface area contributed by atoms with Gasteiger partial charge in [-0.1, -0.05) is 84.9 Å². The Labute approximate surface area is 331 Å². The standard InChI is InChI=1S/C53H32N4O/c1-2-10-35(11-3-1)55-46-15-7-6-14-40(46)44-30-36(20-24-51(44)55)56-47-16-8-4-12-38(47)42-28-33(18-22-49(42)56)34-19-23-50-43(29-34)39-13-5-9-17-48(39)57(50)37-21-25-52-45(31-37)41-26-27-54-32-53(41)58-52/h1-32H. The molecule has 0 fully saturated rings. The largest absolute Gasteiger partial charge is 0.454 e. The molecule has 58 heavy (non-hydrogen) atoms. The minimum absolute atomic E-state index is 0.801. The van der Waals surface area contributed by atoms with Crippen molar-refractivity contribution in [2.45, 2.75) is 0 Å². The summed E-state index contributed by atoms with van der Waals surface area (Å²) < 4.78 is 13.3. The quantitative estimate of drug-likeness (QED) is 0.180. The molecule has 0 radical (unpaired) electrons. The predicted octanol–water partition coefficient (Wildman–Crippen LogP) is 13.9. The summed E-state index contributed by atoms with van der Waals surface area (Å²) in [5, 5.41) is 9.56. The van der Waals surface area contributed by atoms with Crippen LogP contribution in [-0.4, -0.2) is 18.7 Å². The Morgan fingerprint density at radius 2 is 0.776 bits per heavy atom. The van der Waals surface area contributed by atoms with Crippen molar-refractivity contribution in [3.8, 4) is 28.2 Å². The first-order chi connectivity index (χ1) is 28.8. The van der Waals surface area contributed by atoms with Gasteiger partial charge in [0.25, 0.3) is 0 Å². The second kappa shape index (κ2) is 11.8. The molecule has 0 aliphatic rings. The fourth-order valence-electron chi connectivity index (χ4n) is 9.58. The number of fused-ring (bicyclic) bond motifs is 12. The molecule has 5 heteroatoms. The zero-order valence-corrected chi connectivity index (χ0v) is 31.2. The Balaban J connectivity index is 0.973. The van der Waals surface area contributed by atoms with Crippen LogP contribution in [0.5, 0.6) is 0 Å². The van der Waals surface area contributed by atoms with Crippen LogP contribution in [0.1, 0.15) is 0 Å². The van der Waals surface area contributed by atoms with Crippen LogP contribution in [0.4, 0.5) is 0 Å². The highest BCUT2D eigenvalue weighted by atomic mass is 16.3. The fourth-order valence-corrected chi connectivity index (χ4v) is 9.58. The van der Waals surface area contributed by atoms with Crippen LogP contribution in [0.15, 0.2) is 199 Å². The first kappa shape index (κ1) is 31.3. The number of benzene rings is 8. The number of pyridine rings is 1. The summed E-state index contributed by atoms with van der Waals surface area (Å²) in [5.74, 6) is 0. The van der Waals surface area contributed by atoms with E-state index in [1.165, 1.54) is 76.5 Å². The van der Waals surface area contributed by atoms with E-state index in [4.69, 9.17) is 4.42 Å². The summed E-state index contributed by atoms with van der Waals surface area (Å²) in [6, 6.07) is 66.2. The predicted molar refractivity (Wildman–Crippen MR) is 240 cm³/mol. The molecule has 0 amide bonds. The Bertz CT molecular complexity index is 3800. The van der Waals surface area contributed by atoms with E-state index in [1.807, 2.05) is 12.3 Å². The lowest BCUT2D eigenvalue weighted by molar-refractivity contribution is 0.667. The van der Waals surface area contributed by atoms with E-state index in [2.05, 4.69) is 195 Å². The van der Waals surface area contributed by atoms with Crippen LogP contribution in [0.25, 0.3) is 116 Å². The summed E-state index contributed by atoms with van der Waals surface area (Å²) in [5.41, 5.74) is 14.6. The maximum atomic E-state index is 6.12. The minimum Gasteiger partial charge on any atom is -0.454 e. The monoisotopic (exact) mass is 740 g/mol. The molecule has 0 spiro atoms. The second-order valence-corrected chi connectivity index (χ2v) is 15.2. The van der Waals surface area contributed by atoms with E-state index in [0.29, 0.717) is 0 Å². The van der Waals surface area contributed by atoms with Gasteiger partial charge in [-0.2, -0.15) is 0 Å². The lowest BCUT2D eigenvalue weighted by Crippen LogP contribution is -1.95. The highest BCUT2D eigenvalue weighted by molar-refractivity contribution is 6.14. The maximum Gasteiger partial charge on any atom is 0.153 e. The van der Waals surface area contributed by atoms with Crippen molar-refractivity contribution >= 4 is 87.4 Å². The molecule has 8 aromatic carbocycles. The normalized spacial score (nSPS) is 12.1. The summed E-state index contributed by atoms with van der Waals surface area (Å²) in [6.45, 7) is 0. The molecule has 0 aliphatic carbocycles. The molecule has 5 heterocycles. The van der Waals surface area contributed by atoms with E-state index in [1.54, 1.807) is 6.20 Å². The third kappa shape index (κ3) is 4.38. The summed E-state index contributed by atoms with van der Waals surface area (Å²) in [7, 11) is 0. The molecule has 0 saturated heterocycles. The van der Waals surface area contributed by atoms with Crippen molar-refractivity contribution in [2.24, 2.45) is 0 Å². The van der Waals surface area contributed by atoms with Gasteiger partial charge < -0.3 is 18.1 Å². The van der Waals surface area contributed by atoms with Gasteiger partial charge in [0, 0.05) is 66.3 Å². The molecule has 5 aromatic heterocycles. The Morgan fingerprint density at radius 3 is 1.38 bits per heavy atom. The van der Waals surface area contributed by atoms with E-state index < -0.39 is 0 Å². The van der Waals surface area contributed by atoms with E-state index in [9.17, 15) is 0 Å². The molecular formula is C53H32N4O. The maximum absolute atomic E-state index is 6.12. The van der Waals surface area contributed by atoms with Crippen molar-refractivity contribution < 1.29 is 4.42 Å². The van der Waals surface area contributed by atoms with E-state index >= 15 is 0 Å². The smallest absolute Gasteiger partial charge is 0.153 e. The third-order valence-electron chi connectivity index (χ3n) is 12.1. The number of aromatic nitrogens is 4. The Kier molecular flexibility index (Phi) is 6.38. The van der Waals surface area contributed by atoms with Crippen molar-refractivity contribution in [3.05, 3.63) is 194 Å². The van der Waals surface area contributed by atoms with E-state index in [0.717, 1.165) is 39.0 Å². The third-order valence-corrected chi connectivity index (χ3v) is 12.1. The van der Waals surface area contributed by atoms with Crippen molar-refractivity contribution in [1.29, 1.82) is 0 Å². The van der Waals surface area contributed by atoms with Gasteiger partial charge in [-0.15, -0.1) is 0 Å². The van der Waals surface area contributed by atoms with Crippen LogP contribution in [-0.2, 0) is 0 Å². The minimum atomic E-state index is 0.801. The summed E-state index contributed by atoms with van der Waals surface area (Å²) in [4.78, 5) is 4.27. The number of furan rings is 1. The summed E-state index contributed by atoms with van der Waals surface area (Å²) >= 11 is 0. The van der Waals surface area contributed by atoms with Gasteiger partial charge in [0.05, 0.1) is 39.3 Å². The molecule has 0 atom stereocenters. The van der Waals surface area contributed by atoms with Gasteiger partial charge in [-0.25, -0.2) is 0 Å². The SMILES string of the molecule is c1ccc(-n2c3ccccc3c3cc(-n4c5ccccc5c5cc(-c6ccc7c(c6)c6ccccc6n7-c6ccc7oc8cnccc8c7c6)ccc54)ccc32)cc1. The van der Waals surface area contributed by atoms with Gasteiger partial charge in [-0.3, -0.25) is 4.98 Å². The molecule has 0 aliphatic heterocycles. The zero-order chi connectivity index (χ0) is 37.9. The highest BCUT2D eigenvalue weighted by Crippen LogP contribution is 2.41. The molecule has 5 nitrogen and oxygen atoms in total. The molecule has 0 unspecified atom stereocenters. The summed E-state index contributed by atoms with van der Waals surface area (Å²) in [6.07, 6.45) is 3.62.